The highest BCUT2D eigenvalue weighted by Crippen LogP contribution is 2.12. The van der Waals surface area contributed by atoms with Crippen LogP contribution in [-0.4, -0.2) is 23.0 Å². The van der Waals surface area contributed by atoms with Crippen LogP contribution >= 0.6 is 11.6 Å². The predicted octanol–water partition coefficient (Wildman–Crippen LogP) is 2.59. The van der Waals surface area contributed by atoms with E-state index in [0.717, 1.165) is 0 Å². The van der Waals surface area contributed by atoms with Crippen LogP contribution in [0.25, 0.3) is 0 Å². The molecule has 1 atom stereocenters. The average Bonchev–Trinajstić information content (AvgIpc) is 2.55. The first kappa shape index (κ1) is 17.0. The maximum Gasteiger partial charge on any atom is 0.251 e. The standard InChI is InChI=1S/C17H17ClN2O3/c1-11(19-17(23)13-5-7-14(18)8-6-13)16(22)20-15-4-2-3-12(9-15)10-21/h2-9,11,21H,10H2,1H3,(H,19,23)(H,20,22). The number of anilines is 1. The van der Waals surface area contributed by atoms with Crippen molar-refractivity contribution < 1.29 is 14.7 Å². The van der Waals surface area contributed by atoms with Crippen molar-refractivity contribution in [2.24, 2.45) is 0 Å². The monoisotopic (exact) mass is 332 g/mol. The summed E-state index contributed by atoms with van der Waals surface area (Å²) < 4.78 is 0. The average molecular weight is 333 g/mol. The van der Waals surface area contributed by atoms with Crippen LogP contribution in [-0.2, 0) is 11.4 Å². The molecule has 0 heterocycles. The van der Waals surface area contributed by atoms with Gasteiger partial charge in [-0.05, 0) is 48.9 Å². The van der Waals surface area contributed by atoms with Crippen LogP contribution in [0.1, 0.15) is 22.8 Å². The lowest BCUT2D eigenvalue weighted by atomic mass is 10.2. The van der Waals surface area contributed by atoms with Crippen LogP contribution in [0.3, 0.4) is 0 Å². The maximum absolute atomic E-state index is 12.1. The lowest BCUT2D eigenvalue weighted by Crippen LogP contribution is -2.41. The quantitative estimate of drug-likeness (QED) is 0.787. The van der Waals surface area contributed by atoms with Gasteiger partial charge in [-0.2, -0.15) is 0 Å². The zero-order valence-electron chi connectivity index (χ0n) is 12.5. The fraction of sp³-hybridized carbons (Fsp3) is 0.176. The highest BCUT2D eigenvalue weighted by Gasteiger charge is 2.16. The van der Waals surface area contributed by atoms with Gasteiger partial charge >= 0.3 is 0 Å². The Morgan fingerprint density at radius 3 is 2.52 bits per heavy atom. The SMILES string of the molecule is CC(NC(=O)c1ccc(Cl)cc1)C(=O)Nc1cccc(CO)c1. The van der Waals surface area contributed by atoms with E-state index in [9.17, 15) is 9.59 Å². The van der Waals surface area contributed by atoms with Crippen LogP contribution in [0.4, 0.5) is 5.69 Å². The van der Waals surface area contributed by atoms with E-state index in [-0.39, 0.29) is 18.4 Å². The number of hydrogen-bond donors (Lipinski definition) is 3. The van der Waals surface area contributed by atoms with E-state index in [1.807, 2.05) is 0 Å². The van der Waals surface area contributed by atoms with Crippen molar-refractivity contribution in [1.82, 2.24) is 5.32 Å². The smallest absolute Gasteiger partial charge is 0.251 e. The van der Waals surface area contributed by atoms with Crippen molar-refractivity contribution in [3.05, 3.63) is 64.7 Å². The van der Waals surface area contributed by atoms with Gasteiger partial charge in [-0.25, -0.2) is 0 Å². The Kier molecular flexibility index (Phi) is 5.73. The summed E-state index contributed by atoms with van der Waals surface area (Å²) in [5.74, 6) is -0.698. The van der Waals surface area contributed by atoms with E-state index >= 15 is 0 Å². The van der Waals surface area contributed by atoms with Gasteiger partial charge in [0.1, 0.15) is 6.04 Å². The van der Waals surface area contributed by atoms with Crippen molar-refractivity contribution in [1.29, 1.82) is 0 Å². The Balaban J connectivity index is 1.96. The number of benzene rings is 2. The molecular formula is C17H17ClN2O3. The molecule has 2 amide bonds. The molecule has 23 heavy (non-hydrogen) atoms. The zero-order chi connectivity index (χ0) is 16.8. The second kappa shape index (κ2) is 7.76. The largest absolute Gasteiger partial charge is 0.392 e. The predicted molar refractivity (Wildman–Crippen MR) is 89.4 cm³/mol. The van der Waals surface area contributed by atoms with Gasteiger partial charge in [-0.15, -0.1) is 0 Å². The van der Waals surface area contributed by atoms with Crippen LogP contribution < -0.4 is 10.6 Å². The number of halogens is 1. The van der Waals surface area contributed by atoms with Gasteiger partial charge in [0, 0.05) is 16.3 Å². The third-order valence-corrected chi connectivity index (χ3v) is 3.48. The second-order valence-corrected chi connectivity index (χ2v) is 5.49. The Morgan fingerprint density at radius 2 is 1.87 bits per heavy atom. The molecule has 0 aromatic heterocycles. The van der Waals surface area contributed by atoms with Gasteiger partial charge in [-0.1, -0.05) is 23.7 Å². The minimum Gasteiger partial charge on any atom is -0.392 e. The fourth-order valence-corrected chi connectivity index (χ4v) is 2.07. The lowest BCUT2D eigenvalue weighted by Gasteiger charge is -2.14. The molecule has 0 bridgehead atoms. The molecule has 0 saturated carbocycles. The number of amides is 2. The molecule has 3 N–H and O–H groups in total. The van der Waals surface area contributed by atoms with Crippen molar-refractivity contribution in [3.8, 4) is 0 Å². The molecule has 120 valence electrons. The number of nitrogens with one attached hydrogen (secondary N) is 2. The molecule has 0 fully saturated rings. The molecule has 2 aromatic carbocycles. The summed E-state index contributed by atoms with van der Waals surface area (Å²) in [4.78, 5) is 24.2. The number of aliphatic hydroxyl groups excluding tert-OH is 1. The van der Waals surface area contributed by atoms with Crippen molar-refractivity contribution in [2.75, 3.05) is 5.32 Å². The van der Waals surface area contributed by atoms with Gasteiger partial charge in [0.25, 0.3) is 5.91 Å². The first-order valence-electron chi connectivity index (χ1n) is 7.06. The summed E-state index contributed by atoms with van der Waals surface area (Å²) in [5.41, 5.74) is 1.69. The van der Waals surface area contributed by atoms with Crippen LogP contribution in [0.5, 0.6) is 0 Å². The van der Waals surface area contributed by atoms with E-state index in [2.05, 4.69) is 10.6 Å². The molecule has 6 heteroatoms. The Morgan fingerprint density at radius 1 is 1.17 bits per heavy atom. The highest BCUT2D eigenvalue weighted by molar-refractivity contribution is 6.30. The van der Waals surface area contributed by atoms with Gasteiger partial charge in [0.2, 0.25) is 5.91 Å². The van der Waals surface area contributed by atoms with Crippen molar-refractivity contribution >= 4 is 29.1 Å². The molecular weight excluding hydrogens is 316 g/mol. The molecule has 0 aliphatic rings. The fourth-order valence-electron chi connectivity index (χ4n) is 1.94. The van der Waals surface area contributed by atoms with Gasteiger partial charge < -0.3 is 15.7 Å². The van der Waals surface area contributed by atoms with E-state index in [4.69, 9.17) is 16.7 Å². The molecule has 2 rings (SSSR count). The molecule has 0 spiro atoms. The Hall–Kier alpha value is -2.37. The summed E-state index contributed by atoms with van der Waals surface area (Å²) >= 11 is 5.77. The molecule has 0 radical (unpaired) electrons. The highest BCUT2D eigenvalue weighted by atomic mass is 35.5. The third-order valence-electron chi connectivity index (χ3n) is 3.22. The number of carbonyl (C=O) groups excluding carboxylic acids is 2. The normalized spacial score (nSPS) is 11.6. The molecule has 0 saturated heterocycles. The summed E-state index contributed by atoms with van der Waals surface area (Å²) in [6, 6.07) is 12.6. The zero-order valence-corrected chi connectivity index (χ0v) is 13.3. The van der Waals surface area contributed by atoms with E-state index in [1.165, 1.54) is 0 Å². The van der Waals surface area contributed by atoms with E-state index < -0.39 is 6.04 Å². The van der Waals surface area contributed by atoms with E-state index in [0.29, 0.717) is 21.8 Å². The number of carbonyl (C=O) groups is 2. The lowest BCUT2D eigenvalue weighted by molar-refractivity contribution is -0.117. The minimum atomic E-state index is -0.712. The first-order chi connectivity index (χ1) is 11.0. The van der Waals surface area contributed by atoms with Gasteiger partial charge in [0.05, 0.1) is 6.61 Å². The number of hydrogen-bond acceptors (Lipinski definition) is 3. The first-order valence-corrected chi connectivity index (χ1v) is 7.44. The molecule has 0 aliphatic heterocycles. The molecule has 5 nitrogen and oxygen atoms in total. The van der Waals surface area contributed by atoms with Crippen molar-refractivity contribution in [2.45, 2.75) is 19.6 Å². The summed E-state index contributed by atoms with van der Waals surface area (Å²) in [6.07, 6.45) is 0. The summed E-state index contributed by atoms with van der Waals surface area (Å²) in [6.45, 7) is 1.49. The van der Waals surface area contributed by atoms with Crippen molar-refractivity contribution in [3.63, 3.8) is 0 Å². The van der Waals surface area contributed by atoms with Crippen LogP contribution in [0, 0.1) is 0 Å². The third kappa shape index (κ3) is 4.81. The Bertz CT molecular complexity index is 701. The molecule has 1 unspecified atom stereocenters. The Labute approximate surface area is 139 Å². The topological polar surface area (TPSA) is 78.4 Å². The number of rotatable bonds is 5. The minimum absolute atomic E-state index is 0.105. The second-order valence-electron chi connectivity index (χ2n) is 5.05. The van der Waals surface area contributed by atoms with Gasteiger partial charge in [0.15, 0.2) is 0 Å². The summed E-state index contributed by atoms with van der Waals surface area (Å²) in [7, 11) is 0. The van der Waals surface area contributed by atoms with Crippen LogP contribution in [0.2, 0.25) is 5.02 Å². The maximum atomic E-state index is 12.1. The van der Waals surface area contributed by atoms with E-state index in [1.54, 1.807) is 55.5 Å². The molecule has 2 aromatic rings. The summed E-state index contributed by atoms with van der Waals surface area (Å²) in [5, 5.41) is 14.9. The number of aliphatic hydroxyl groups is 1. The van der Waals surface area contributed by atoms with Crippen LogP contribution in [0.15, 0.2) is 48.5 Å². The molecule has 0 aliphatic carbocycles. The van der Waals surface area contributed by atoms with Gasteiger partial charge in [-0.3, -0.25) is 9.59 Å².